The van der Waals surface area contributed by atoms with Gasteiger partial charge in [0.1, 0.15) is 5.60 Å². The Kier molecular flexibility index (Phi) is 2.67. The lowest BCUT2D eigenvalue weighted by atomic mass is 9.87. The van der Waals surface area contributed by atoms with Crippen LogP contribution in [0.1, 0.15) is 17.5 Å². The molecule has 0 aromatic heterocycles. The second-order valence-corrected chi connectivity index (χ2v) is 3.83. The summed E-state index contributed by atoms with van der Waals surface area (Å²) < 4.78 is 42.2. The molecular weight excluding hydrogens is 221 g/mol. The van der Waals surface area contributed by atoms with Gasteiger partial charge in [0, 0.05) is 6.42 Å². The monoisotopic (exact) mass is 232 g/mol. The van der Waals surface area contributed by atoms with Crippen LogP contribution < -0.4 is 0 Å². The highest BCUT2D eigenvalue weighted by atomic mass is 19.4. The van der Waals surface area contributed by atoms with Gasteiger partial charge in [-0.2, -0.15) is 13.2 Å². The van der Waals surface area contributed by atoms with Crippen molar-refractivity contribution in [3.05, 3.63) is 35.4 Å². The fraction of sp³-hybridized carbons (Fsp3) is 0.455. The molecule has 1 aliphatic heterocycles. The first-order valence-electron chi connectivity index (χ1n) is 4.90. The van der Waals surface area contributed by atoms with E-state index in [4.69, 9.17) is 4.74 Å². The summed E-state index contributed by atoms with van der Waals surface area (Å²) in [6, 6.07) is 4.74. The quantitative estimate of drug-likeness (QED) is 0.847. The molecule has 0 saturated carbocycles. The largest absolute Gasteiger partial charge is 0.416 e. The van der Waals surface area contributed by atoms with E-state index >= 15 is 0 Å². The van der Waals surface area contributed by atoms with Crippen LogP contribution in [0.15, 0.2) is 24.3 Å². The molecule has 1 fully saturated rings. The van der Waals surface area contributed by atoms with Crippen molar-refractivity contribution in [2.24, 2.45) is 0 Å². The smallest absolute Gasteiger partial charge is 0.393 e. The first-order valence-corrected chi connectivity index (χ1v) is 4.90. The van der Waals surface area contributed by atoms with Gasteiger partial charge in [-0.15, -0.1) is 0 Å². The van der Waals surface area contributed by atoms with Gasteiger partial charge in [-0.25, -0.2) is 0 Å². The summed E-state index contributed by atoms with van der Waals surface area (Å²) in [4.78, 5) is 0. The van der Waals surface area contributed by atoms with E-state index in [1.807, 2.05) is 0 Å². The zero-order valence-corrected chi connectivity index (χ0v) is 8.42. The van der Waals surface area contributed by atoms with Gasteiger partial charge < -0.3 is 9.84 Å². The van der Waals surface area contributed by atoms with Gasteiger partial charge in [-0.1, -0.05) is 12.1 Å². The summed E-state index contributed by atoms with van der Waals surface area (Å²) in [5, 5.41) is 9.17. The average Bonchev–Trinajstić information content (AvgIpc) is 2.16. The minimum atomic E-state index is -4.33. The molecule has 1 N–H and O–H groups in total. The van der Waals surface area contributed by atoms with E-state index in [1.165, 1.54) is 12.1 Å². The predicted molar refractivity (Wildman–Crippen MR) is 50.8 cm³/mol. The zero-order chi connectivity index (χ0) is 11.8. The fourth-order valence-corrected chi connectivity index (χ4v) is 1.76. The number of ether oxygens (including phenoxy) is 1. The molecule has 88 valence electrons. The molecule has 16 heavy (non-hydrogen) atoms. The van der Waals surface area contributed by atoms with Crippen LogP contribution in [0.3, 0.4) is 0 Å². The topological polar surface area (TPSA) is 29.5 Å². The van der Waals surface area contributed by atoms with Gasteiger partial charge in [0.25, 0.3) is 0 Å². The highest BCUT2D eigenvalue weighted by Crippen LogP contribution is 2.38. The van der Waals surface area contributed by atoms with Crippen LogP contribution >= 0.6 is 0 Å². The van der Waals surface area contributed by atoms with Gasteiger partial charge >= 0.3 is 6.18 Å². The van der Waals surface area contributed by atoms with E-state index in [0.717, 1.165) is 12.1 Å². The Morgan fingerprint density at radius 1 is 1.25 bits per heavy atom. The SMILES string of the molecule is OCC1(c2ccc(C(F)(F)F)cc2)CCO1. The first-order chi connectivity index (χ1) is 7.48. The molecule has 0 spiro atoms. The molecule has 1 aromatic rings. The van der Waals surface area contributed by atoms with E-state index in [9.17, 15) is 18.3 Å². The highest BCUT2D eigenvalue weighted by Gasteiger charge is 2.40. The van der Waals surface area contributed by atoms with E-state index in [1.54, 1.807) is 0 Å². The molecule has 1 atom stereocenters. The summed E-state index contributed by atoms with van der Waals surface area (Å²) in [6.45, 7) is 0.319. The molecule has 1 aliphatic rings. The van der Waals surface area contributed by atoms with E-state index in [2.05, 4.69) is 0 Å². The molecule has 5 heteroatoms. The number of aliphatic hydroxyl groups excluding tert-OH is 1. The molecule has 0 amide bonds. The second-order valence-electron chi connectivity index (χ2n) is 3.83. The molecule has 1 unspecified atom stereocenters. The first kappa shape index (κ1) is 11.4. The maximum Gasteiger partial charge on any atom is 0.416 e. The number of alkyl halides is 3. The van der Waals surface area contributed by atoms with Gasteiger partial charge in [0.05, 0.1) is 18.8 Å². The summed E-state index contributed by atoms with van der Waals surface area (Å²) in [6.07, 6.45) is -3.69. The van der Waals surface area contributed by atoms with E-state index < -0.39 is 17.3 Å². The molecule has 1 saturated heterocycles. The van der Waals surface area contributed by atoms with Crippen molar-refractivity contribution in [3.63, 3.8) is 0 Å². The third-order valence-electron chi connectivity index (χ3n) is 2.88. The van der Waals surface area contributed by atoms with Crippen molar-refractivity contribution in [1.82, 2.24) is 0 Å². The van der Waals surface area contributed by atoms with Crippen LogP contribution in [0.25, 0.3) is 0 Å². The van der Waals surface area contributed by atoms with Crippen molar-refractivity contribution >= 4 is 0 Å². The van der Waals surface area contributed by atoms with E-state index in [0.29, 0.717) is 18.6 Å². The molecule has 1 aromatic carbocycles. The maximum atomic E-state index is 12.3. The lowest BCUT2D eigenvalue weighted by Gasteiger charge is -2.40. The van der Waals surface area contributed by atoms with Crippen LogP contribution in [0, 0.1) is 0 Å². The molecule has 0 aliphatic carbocycles. The van der Waals surface area contributed by atoms with Crippen LogP contribution in [-0.4, -0.2) is 18.3 Å². The summed E-state index contributed by atoms with van der Waals surface area (Å²) in [7, 11) is 0. The Balaban J connectivity index is 2.26. The number of benzene rings is 1. The summed E-state index contributed by atoms with van der Waals surface area (Å²) >= 11 is 0. The van der Waals surface area contributed by atoms with Gasteiger partial charge in [0.2, 0.25) is 0 Å². The number of hydrogen-bond acceptors (Lipinski definition) is 2. The predicted octanol–water partition coefficient (Wildman–Crippen LogP) is 2.31. The Hall–Kier alpha value is -1.07. The number of aliphatic hydroxyl groups is 1. The molecule has 2 nitrogen and oxygen atoms in total. The molecular formula is C11H11F3O2. The Morgan fingerprint density at radius 3 is 2.12 bits per heavy atom. The van der Waals surface area contributed by atoms with Crippen molar-refractivity contribution in [2.75, 3.05) is 13.2 Å². The third-order valence-corrected chi connectivity index (χ3v) is 2.88. The number of rotatable bonds is 2. The minimum absolute atomic E-state index is 0.210. The van der Waals surface area contributed by atoms with Gasteiger partial charge in [-0.05, 0) is 17.7 Å². The third kappa shape index (κ3) is 1.81. The van der Waals surface area contributed by atoms with Crippen LogP contribution in [0.4, 0.5) is 13.2 Å². The summed E-state index contributed by atoms with van der Waals surface area (Å²) in [5.41, 5.74) is -0.887. The molecule has 0 bridgehead atoms. The van der Waals surface area contributed by atoms with Crippen molar-refractivity contribution in [2.45, 2.75) is 18.2 Å². The molecule has 2 rings (SSSR count). The second kappa shape index (κ2) is 3.75. The lowest BCUT2D eigenvalue weighted by Crippen LogP contribution is -2.44. The Morgan fingerprint density at radius 2 is 1.81 bits per heavy atom. The minimum Gasteiger partial charge on any atom is -0.393 e. The standard InChI is InChI=1S/C11H11F3O2/c12-11(13,14)9-3-1-8(2-4-9)10(7-15)5-6-16-10/h1-4,15H,5-7H2. The highest BCUT2D eigenvalue weighted by molar-refractivity contribution is 5.30. The number of halogens is 3. The molecule has 1 heterocycles. The zero-order valence-electron chi connectivity index (χ0n) is 8.42. The van der Waals surface area contributed by atoms with E-state index in [-0.39, 0.29) is 6.61 Å². The van der Waals surface area contributed by atoms with Crippen molar-refractivity contribution in [1.29, 1.82) is 0 Å². The normalized spacial score (nSPS) is 25.2. The number of hydrogen-bond donors (Lipinski definition) is 1. The van der Waals surface area contributed by atoms with Gasteiger partial charge in [0.15, 0.2) is 0 Å². The van der Waals surface area contributed by atoms with Crippen LogP contribution in [0.2, 0.25) is 0 Å². The fourth-order valence-electron chi connectivity index (χ4n) is 1.76. The van der Waals surface area contributed by atoms with Gasteiger partial charge in [-0.3, -0.25) is 0 Å². The maximum absolute atomic E-state index is 12.3. The van der Waals surface area contributed by atoms with Crippen molar-refractivity contribution < 1.29 is 23.0 Å². The van der Waals surface area contributed by atoms with Crippen LogP contribution in [0.5, 0.6) is 0 Å². The van der Waals surface area contributed by atoms with Crippen LogP contribution in [-0.2, 0) is 16.5 Å². The summed E-state index contributed by atoms with van der Waals surface area (Å²) in [5.74, 6) is 0. The average molecular weight is 232 g/mol. The molecule has 0 radical (unpaired) electrons. The Labute approximate surface area is 90.7 Å². The van der Waals surface area contributed by atoms with Crippen molar-refractivity contribution in [3.8, 4) is 0 Å². The lowest BCUT2D eigenvalue weighted by molar-refractivity contribution is -0.177. The Bertz CT molecular complexity index is 360.